The van der Waals surface area contributed by atoms with E-state index in [2.05, 4.69) is 6.92 Å². The summed E-state index contributed by atoms with van der Waals surface area (Å²) in [6.45, 7) is 6.49. The molecule has 1 aliphatic heterocycles. The van der Waals surface area contributed by atoms with Gasteiger partial charge in [0.1, 0.15) is 0 Å². The van der Waals surface area contributed by atoms with Gasteiger partial charge in [0.15, 0.2) is 0 Å². The number of carbonyl (C=O) groups is 2. The Balaban J connectivity index is 2.47. The van der Waals surface area contributed by atoms with Crippen molar-refractivity contribution in [3.8, 4) is 0 Å². The Morgan fingerprint density at radius 3 is 2.65 bits per heavy atom. The molecule has 0 radical (unpaired) electrons. The highest BCUT2D eigenvalue weighted by Gasteiger charge is 2.36. The number of allylic oxidation sites excluding steroid dienone is 1. The molecule has 1 aromatic rings. The normalized spacial score (nSPS) is 16.4. The SMILES string of the molecule is CCCCN1C(=O)/C(=C\c2cccc(C)c2)C(C(=O)OC)=C1C. The summed E-state index contributed by atoms with van der Waals surface area (Å²) in [5, 5.41) is 0. The molecular weight excluding hydrogens is 290 g/mol. The zero-order valence-corrected chi connectivity index (χ0v) is 14.2. The van der Waals surface area contributed by atoms with Crippen molar-refractivity contribution in [1.82, 2.24) is 4.90 Å². The molecule has 0 N–H and O–H groups in total. The van der Waals surface area contributed by atoms with E-state index in [9.17, 15) is 9.59 Å². The van der Waals surface area contributed by atoms with Gasteiger partial charge < -0.3 is 9.64 Å². The predicted octanol–water partition coefficient (Wildman–Crippen LogP) is 3.47. The average Bonchev–Trinajstić information content (AvgIpc) is 2.76. The Hall–Kier alpha value is -2.36. The molecule has 0 unspecified atom stereocenters. The third kappa shape index (κ3) is 3.52. The quantitative estimate of drug-likeness (QED) is 0.618. The summed E-state index contributed by atoms with van der Waals surface area (Å²) >= 11 is 0. The summed E-state index contributed by atoms with van der Waals surface area (Å²) in [7, 11) is 1.34. The molecule has 0 saturated heterocycles. The largest absolute Gasteiger partial charge is 0.465 e. The number of hydrogen-bond acceptors (Lipinski definition) is 3. The number of carbonyl (C=O) groups excluding carboxylic acids is 2. The summed E-state index contributed by atoms with van der Waals surface area (Å²) in [4.78, 5) is 26.6. The monoisotopic (exact) mass is 313 g/mol. The molecule has 4 nitrogen and oxygen atoms in total. The second kappa shape index (κ2) is 7.27. The van der Waals surface area contributed by atoms with E-state index >= 15 is 0 Å². The van der Waals surface area contributed by atoms with Crippen molar-refractivity contribution in [3.63, 3.8) is 0 Å². The van der Waals surface area contributed by atoms with Gasteiger partial charge in [-0.05, 0) is 31.9 Å². The molecule has 0 bridgehead atoms. The first-order valence-electron chi connectivity index (χ1n) is 7.89. The number of hydrogen-bond donors (Lipinski definition) is 0. The minimum absolute atomic E-state index is 0.127. The Bertz CT molecular complexity index is 686. The first-order chi connectivity index (χ1) is 11.0. The molecule has 0 aliphatic carbocycles. The van der Waals surface area contributed by atoms with Crippen LogP contribution in [0.15, 0.2) is 41.1 Å². The van der Waals surface area contributed by atoms with E-state index in [0.29, 0.717) is 23.4 Å². The van der Waals surface area contributed by atoms with Gasteiger partial charge in [-0.3, -0.25) is 4.79 Å². The van der Waals surface area contributed by atoms with Gasteiger partial charge in [0.25, 0.3) is 5.91 Å². The molecule has 0 fully saturated rings. The van der Waals surface area contributed by atoms with Crippen LogP contribution in [0.4, 0.5) is 0 Å². The van der Waals surface area contributed by atoms with Crippen molar-refractivity contribution in [2.75, 3.05) is 13.7 Å². The highest BCUT2D eigenvalue weighted by molar-refractivity contribution is 6.16. The van der Waals surface area contributed by atoms with E-state index in [1.165, 1.54) is 7.11 Å². The fraction of sp³-hybridized carbons (Fsp3) is 0.368. The standard InChI is InChI=1S/C19H23NO3/c1-5-6-10-20-14(3)17(19(22)23-4)16(18(20)21)12-15-9-7-8-13(2)11-15/h7-9,11-12H,5-6,10H2,1-4H3/b16-12-. The van der Waals surface area contributed by atoms with E-state index in [4.69, 9.17) is 4.74 Å². The van der Waals surface area contributed by atoms with Crippen molar-refractivity contribution < 1.29 is 14.3 Å². The van der Waals surface area contributed by atoms with Gasteiger partial charge in [0, 0.05) is 12.2 Å². The summed E-state index contributed by atoms with van der Waals surface area (Å²) < 4.78 is 4.88. The Morgan fingerprint density at radius 2 is 2.04 bits per heavy atom. The first kappa shape index (κ1) is 17.0. The highest BCUT2D eigenvalue weighted by atomic mass is 16.5. The van der Waals surface area contributed by atoms with E-state index in [1.807, 2.05) is 31.2 Å². The Kier molecular flexibility index (Phi) is 5.37. The van der Waals surface area contributed by atoms with Crippen LogP contribution in [0.3, 0.4) is 0 Å². The second-order valence-electron chi connectivity index (χ2n) is 5.73. The van der Waals surface area contributed by atoms with Crippen LogP contribution in [0, 0.1) is 6.92 Å². The number of amides is 1. The number of methoxy groups -OCH3 is 1. The first-order valence-corrected chi connectivity index (χ1v) is 7.89. The van der Waals surface area contributed by atoms with Crippen molar-refractivity contribution in [2.45, 2.75) is 33.6 Å². The lowest BCUT2D eigenvalue weighted by atomic mass is 10.0. The van der Waals surface area contributed by atoms with Crippen molar-refractivity contribution in [3.05, 3.63) is 52.2 Å². The summed E-state index contributed by atoms with van der Waals surface area (Å²) in [5.41, 5.74) is 3.47. The number of esters is 1. The lowest BCUT2D eigenvalue weighted by Crippen LogP contribution is -2.26. The summed E-state index contributed by atoms with van der Waals surface area (Å²) in [5.74, 6) is -0.591. The topological polar surface area (TPSA) is 46.6 Å². The third-order valence-corrected chi connectivity index (χ3v) is 3.99. The van der Waals surface area contributed by atoms with E-state index in [0.717, 1.165) is 24.0 Å². The van der Waals surface area contributed by atoms with Crippen LogP contribution in [-0.2, 0) is 14.3 Å². The molecule has 0 spiro atoms. The molecule has 23 heavy (non-hydrogen) atoms. The van der Waals surface area contributed by atoms with E-state index in [1.54, 1.807) is 17.9 Å². The van der Waals surface area contributed by atoms with Crippen LogP contribution in [0.5, 0.6) is 0 Å². The van der Waals surface area contributed by atoms with Crippen LogP contribution in [0.2, 0.25) is 0 Å². The Labute approximate surface area is 137 Å². The van der Waals surface area contributed by atoms with Crippen molar-refractivity contribution in [2.24, 2.45) is 0 Å². The minimum atomic E-state index is -0.464. The van der Waals surface area contributed by atoms with Crippen LogP contribution in [-0.4, -0.2) is 30.4 Å². The van der Waals surface area contributed by atoms with Gasteiger partial charge in [-0.25, -0.2) is 4.79 Å². The molecule has 122 valence electrons. The average molecular weight is 313 g/mol. The number of ether oxygens (including phenoxy) is 1. The number of benzene rings is 1. The van der Waals surface area contributed by atoms with Crippen molar-refractivity contribution in [1.29, 1.82) is 0 Å². The summed E-state index contributed by atoms with van der Waals surface area (Å²) in [6.07, 6.45) is 3.66. The fourth-order valence-electron chi connectivity index (χ4n) is 2.74. The van der Waals surface area contributed by atoms with Crippen molar-refractivity contribution >= 4 is 18.0 Å². The fourth-order valence-corrected chi connectivity index (χ4v) is 2.74. The van der Waals surface area contributed by atoms with E-state index in [-0.39, 0.29) is 5.91 Å². The van der Waals surface area contributed by atoms with Crippen LogP contribution in [0.25, 0.3) is 6.08 Å². The van der Waals surface area contributed by atoms with Gasteiger partial charge >= 0.3 is 5.97 Å². The second-order valence-corrected chi connectivity index (χ2v) is 5.73. The minimum Gasteiger partial charge on any atom is -0.465 e. The molecule has 4 heteroatoms. The molecule has 2 rings (SSSR count). The van der Waals surface area contributed by atoms with Crippen LogP contribution >= 0.6 is 0 Å². The maximum Gasteiger partial charge on any atom is 0.340 e. The third-order valence-electron chi connectivity index (χ3n) is 3.99. The van der Waals surface area contributed by atoms with Crippen LogP contribution in [0.1, 0.15) is 37.8 Å². The zero-order chi connectivity index (χ0) is 17.0. The zero-order valence-electron chi connectivity index (χ0n) is 14.2. The van der Waals surface area contributed by atoms with Gasteiger partial charge in [0.05, 0.1) is 18.3 Å². The lowest BCUT2D eigenvalue weighted by Gasteiger charge is -2.17. The molecular formula is C19H23NO3. The molecule has 1 amide bonds. The number of rotatable bonds is 5. The lowest BCUT2D eigenvalue weighted by molar-refractivity contribution is -0.136. The summed E-state index contributed by atoms with van der Waals surface area (Å²) in [6, 6.07) is 7.84. The van der Waals surface area contributed by atoms with Crippen LogP contribution < -0.4 is 0 Å². The smallest absolute Gasteiger partial charge is 0.340 e. The van der Waals surface area contributed by atoms with Gasteiger partial charge in [-0.2, -0.15) is 0 Å². The number of nitrogens with zero attached hydrogens (tertiary/aromatic N) is 1. The molecule has 0 atom stereocenters. The maximum atomic E-state index is 12.8. The van der Waals surface area contributed by atoms with Gasteiger partial charge in [0.2, 0.25) is 0 Å². The number of unbranched alkanes of at least 4 members (excludes halogenated alkanes) is 1. The highest BCUT2D eigenvalue weighted by Crippen LogP contribution is 2.31. The molecule has 1 aliphatic rings. The Morgan fingerprint density at radius 1 is 1.30 bits per heavy atom. The molecule has 1 heterocycles. The number of aryl methyl sites for hydroxylation is 1. The molecule has 0 saturated carbocycles. The predicted molar refractivity (Wildman–Crippen MR) is 90.5 cm³/mol. The van der Waals surface area contributed by atoms with Gasteiger partial charge in [-0.15, -0.1) is 0 Å². The maximum absolute atomic E-state index is 12.8. The molecule has 1 aromatic carbocycles. The molecule has 0 aromatic heterocycles. The van der Waals surface area contributed by atoms with Gasteiger partial charge in [-0.1, -0.05) is 43.2 Å². The van der Waals surface area contributed by atoms with E-state index < -0.39 is 5.97 Å².